The van der Waals surface area contributed by atoms with Crippen molar-refractivity contribution in [3.63, 3.8) is 0 Å². The van der Waals surface area contributed by atoms with Crippen LogP contribution in [0.25, 0.3) is 0 Å². The highest BCUT2D eigenvalue weighted by molar-refractivity contribution is 6.04. The average Bonchev–Trinajstić information content (AvgIpc) is 2.65. The number of hydrogen-bond donors (Lipinski definition) is 2. The summed E-state index contributed by atoms with van der Waals surface area (Å²) < 4.78 is 5.13. The van der Waals surface area contributed by atoms with Crippen molar-refractivity contribution in [2.24, 2.45) is 11.1 Å². The molecule has 2 aromatic carbocycles. The number of likely N-dealkylation sites (tertiary alicyclic amines) is 1. The van der Waals surface area contributed by atoms with Crippen LogP contribution in [0.4, 0.5) is 5.69 Å². The first-order chi connectivity index (χ1) is 12.9. The number of hydrogen-bond acceptors (Lipinski definition) is 4. The molecule has 1 aliphatic heterocycles. The molecule has 5 nitrogen and oxygen atoms in total. The molecule has 0 aliphatic carbocycles. The zero-order valence-electron chi connectivity index (χ0n) is 16.8. The highest BCUT2D eigenvalue weighted by Crippen LogP contribution is 2.28. The quantitative estimate of drug-likeness (QED) is 0.793. The van der Waals surface area contributed by atoms with Gasteiger partial charge in [0.05, 0.1) is 7.11 Å². The molecule has 1 fully saturated rings. The number of halogens is 1. The van der Waals surface area contributed by atoms with Gasteiger partial charge in [0.1, 0.15) is 5.75 Å². The van der Waals surface area contributed by atoms with Crippen LogP contribution in [0.15, 0.2) is 48.5 Å². The maximum Gasteiger partial charge on any atom is 0.255 e. The fourth-order valence-corrected chi connectivity index (χ4v) is 3.57. The molecule has 0 aromatic heterocycles. The zero-order valence-corrected chi connectivity index (χ0v) is 17.6. The molecule has 1 heterocycles. The smallest absolute Gasteiger partial charge is 0.255 e. The lowest BCUT2D eigenvalue weighted by Gasteiger charge is -2.42. The molecular weight excluding hydrogens is 374 g/mol. The summed E-state index contributed by atoms with van der Waals surface area (Å²) >= 11 is 0. The van der Waals surface area contributed by atoms with Crippen LogP contribution in [0.3, 0.4) is 0 Å². The van der Waals surface area contributed by atoms with Crippen LogP contribution in [0.5, 0.6) is 5.75 Å². The van der Waals surface area contributed by atoms with Crippen molar-refractivity contribution in [1.29, 1.82) is 0 Å². The van der Waals surface area contributed by atoms with Gasteiger partial charge in [0.25, 0.3) is 5.91 Å². The van der Waals surface area contributed by atoms with E-state index in [1.807, 2.05) is 18.2 Å². The van der Waals surface area contributed by atoms with Crippen LogP contribution in [-0.4, -0.2) is 37.0 Å². The summed E-state index contributed by atoms with van der Waals surface area (Å²) in [6.07, 6.45) is 1.01. The second-order valence-electron chi connectivity index (χ2n) is 7.98. The molecule has 3 N–H and O–H groups in total. The Morgan fingerprint density at radius 1 is 1.25 bits per heavy atom. The minimum Gasteiger partial charge on any atom is -0.497 e. The SMILES string of the molecule is COc1ccc(C(=O)Nc2cccc(CN3CCC(N)C(C)(C)C3)c2)cc1.Cl. The topological polar surface area (TPSA) is 67.6 Å². The van der Waals surface area contributed by atoms with Gasteiger partial charge < -0.3 is 15.8 Å². The molecule has 1 saturated heterocycles. The average molecular weight is 404 g/mol. The van der Waals surface area contributed by atoms with Crippen molar-refractivity contribution in [3.8, 4) is 5.75 Å². The standard InChI is InChI=1S/C22H29N3O2.ClH/c1-22(2)15-25(12-11-20(22)23)14-16-5-4-6-18(13-16)24-21(26)17-7-9-19(27-3)10-8-17;/h4-10,13,20H,11-12,14-15,23H2,1-3H3,(H,24,26);1H. The van der Waals surface area contributed by atoms with Gasteiger partial charge in [-0.2, -0.15) is 0 Å². The fourth-order valence-electron chi connectivity index (χ4n) is 3.57. The Hall–Kier alpha value is -2.08. The van der Waals surface area contributed by atoms with Crippen molar-refractivity contribution in [1.82, 2.24) is 4.90 Å². The molecule has 28 heavy (non-hydrogen) atoms. The molecule has 152 valence electrons. The van der Waals surface area contributed by atoms with E-state index in [0.29, 0.717) is 5.56 Å². The number of amides is 1. The molecule has 2 aromatic rings. The lowest BCUT2D eigenvalue weighted by Crippen LogP contribution is -2.52. The van der Waals surface area contributed by atoms with Crippen LogP contribution < -0.4 is 15.8 Å². The first-order valence-corrected chi connectivity index (χ1v) is 9.40. The predicted molar refractivity (Wildman–Crippen MR) is 116 cm³/mol. The molecule has 0 radical (unpaired) electrons. The highest BCUT2D eigenvalue weighted by Gasteiger charge is 2.33. The van der Waals surface area contributed by atoms with E-state index in [2.05, 4.69) is 30.1 Å². The Bertz CT molecular complexity index is 793. The Labute approximate surface area is 173 Å². The van der Waals surface area contributed by atoms with E-state index in [1.165, 1.54) is 5.56 Å². The Balaban J connectivity index is 0.00000280. The second-order valence-corrected chi connectivity index (χ2v) is 7.98. The van der Waals surface area contributed by atoms with Crippen molar-refractivity contribution < 1.29 is 9.53 Å². The number of benzene rings is 2. The number of nitrogens with zero attached hydrogens (tertiary/aromatic N) is 1. The molecule has 0 spiro atoms. The summed E-state index contributed by atoms with van der Waals surface area (Å²) in [5, 5.41) is 2.98. The van der Waals surface area contributed by atoms with Crippen LogP contribution in [0.1, 0.15) is 36.2 Å². The Morgan fingerprint density at radius 2 is 1.96 bits per heavy atom. The van der Waals surface area contributed by atoms with Crippen LogP contribution in [0, 0.1) is 5.41 Å². The van der Waals surface area contributed by atoms with Crippen molar-refractivity contribution in [2.45, 2.75) is 32.9 Å². The van der Waals surface area contributed by atoms with Gasteiger partial charge in [-0.15, -0.1) is 12.4 Å². The number of nitrogens with two attached hydrogens (primary N) is 1. The van der Waals surface area contributed by atoms with E-state index in [4.69, 9.17) is 10.5 Å². The summed E-state index contributed by atoms with van der Waals surface area (Å²) in [4.78, 5) is 14.9. The van der Waals surface area contributed by atoms with E-state index in [-0.39, 0.29) is 29.8 Å². The summed E-state index contributed by atoms with van der Waals surface area (Å²) in [6.45, 7) is 7.32. The molecule has 0 bridgehead atoms. The minimum atomic E-state index is -0.125. The van der Waals surface area contributed by atoms with E-state index in [0.717, 1.165) is 37.5 Å². The van der Waals surface area contributed by atoms with Crippen molar-refractivity contribution in [3.05, 3.63) is 59.7 Å². The number of piperidine rings is 1. The summed E-state index contributed by atoms with van der Waals surface area (Å²) in [6, 6.07) is 15.4. The van der Waals surface area contributed by atoms with Crippen molar-refractivity contribution >= 4 is 24.0 Å². The number of carbonyl (C=O) groups excluding carboxylic acids is 1. The maximum absolute atomic E-state index is 12.5. The molecule has 1 unspecified atom stereocenters. The number of rotatable bonds is 5. The molecule has 1 atom stereocenters. The maximum atomic E-state index is 12.5. The van der Waals surface area contributed by atoms with Gasteiger partial charge in [0, 0.05) is 36.9 Å². The third kappa shape index (κ3) is 5.47. The van der Waals surface area contributed by atoms with E-state index in [1.54, 1.807) is 31.4 Å². The Morgan fingerprint density at radius 3 is 2.61 bits per heavy atom. The van der Waals surface area contributed by atoms with Gasteiger partial charge in [-0.1, -0.05) is 26.0 Å². The van der Waals surface area contributed by atoms with Gasteiger partial charge in [-0.3, -0.25) is 9.69 Å². The molecule has 3 rings (SSSR count). The summed E-state index contributed by atoms with van der Waals surface area (Å²) in [5.41, 5.74) is 8.96. The van der Waals surface area contributed by atoms with E-state index in [9.17, 15) is 4.79 Å². The second kappa shape index (κ2) is 9.41. The largest absolute Gasteiger partial charge is 0.497 e. The normalized spacial score (nSPS) is 18.8. The third-order valence-corrected chi connectivity index (χ3v) is 5.33. The molecule has 1 aliphatic rings. The van der Waals surface area contributed by atoms with Gasteiger partial charge >= 0.3 is 0 Å². The van der Waals surface area contributed by atoms with Gasteiger partial charge in [-0.05, 0) is 53.8 Å². The van der Waals surface area contributed by atoms with E-state index >= 15 is 0 Å². The van der Waals surface area contributed by atoms with Crippen LogP contribution in [0.2, 0.25) is 0 Å². The molecule has 0 saturated carbocycles. The first-order valence-electron chi connectivity index (χ1n) is 9.40. The summed E-state index contributed by atoms with van der Waals surface area (Å²) in [5.74, 6) is 0.609. The lowest BCUT2D eigenvalue weighted by molar-refractivity contribution is 0.0899. The number of methoxy groups -OCH3 is 1. The number of ether oxygens (including phenoxy) is 1. The molecular formula is C22H30ClN3O2. The Kier molecular flexibility index (Phi) is 7.47. The molecule has 6 heteroatoms. The number of carbonyl (C=O) groups is 1. The number of nitrogens with one attached hydrogen (secondary N) is 1. The predicted octanol–water partition coefficient (Wildman–Crippen LogP) is 3.93. The van der Waals surface area contributed by atoms with Crippen LogP contribution in [-0.2, 0) is 6.54 Å². The zero-order chi connectivity index (χ0) is 19.4. The monoisotopic (exact) mass is 403 g/mol. The first kappa shape index (κ1) is 22.2. The van der Waals surface area contributed by atoms with Gasteiger partial charge in [0.2, 0.25) is 0 Å². The third-order valence-electron chi connectivity index (χ3n) is 5.33. The highest BCUT2D eigenvalue weighted by atomic mass is 35.5. The lowest BCUT2D eigenvalue weighted by atomic mass is 9.79. The molecule has 1 amide bonds. The van der Waals surface area contributed by atoms with Crippen molar-refractivity contribution in [2.75, 3.05) is 25.5 Å². The summed E-state index contributed by atoms with van der Waals surface area (Å²) in [7, 11) is 1.61. The number of anilines is 1. The van der Waals surface area contributed by atoms with Crippen LogP contribution >= 0.6 is 12.4 Å². The van der Waals surface area contributed by atoms with Gasteiger partial charge in [-0.25, -0.2) is 0 Å². The minimum absolute atomic E-state index is 0. The van der Waals surface area contributed by atoms with E-state index < -0.39 is 0 Å². The fraction of sp³-hybridized carbons (Fsp3) is 0.409. The van der Waals surface area contributed by atoms with Gasteiger partial charge in [0.15, 0.2) is 0 Å².